The molecule has 1 fully saturated rings. The van der Waals surface area contributed by atoms with Crippen molar-refractivity contribution in [3.63, 3.8) is 0 Å². The van der Waals surface area contributed by atoms with Gasteiger partial charge in [0.25, 0.3) is 5.91 Å². The Kier molecular flexibility index (Phi) is 5.66. The minimum atomic E-state index is -1.01. The Morgan fingerprint density at radius 2 is 2.10 bits per heavy atom. The lowest BCUT2D eigenvalue weighted by atomic mass is 9.93. The Morgan fingerprint density at radius 1 is 1.32 bits per heavy atom. The topological polar surface area (TPSA) is 63.6 Å². The van der Waals surface area contributed by atoms with Gasteiger partial charge in [0.15, 0.2) is 17.1 Å². The van der Waals surface area contributed by atoms with Crippen LogP contribution < -0.4 is 10.7 Å². The molecular formula is C23H25F2N3O3. The summed E-state index contributed by atoms with van der Waals surface area (Å²) >= 11 is 0. The molecule has 2 atom stereocenters. The Labute approximate surface area is 179 Å². The minimum Gasteiger partial charge on any atom is -0.379 e. The van der Waals surface area contributed by atoms with Gasteiger partial charge in [-0.3, -0.25) is 9.59 Å². The van der Waals surface area contributed by atoms with Gasteiger partial charge < -0.3 is 19.5 Å². The molecule has 0 unspecified atom stereocenters. The van der Waals surface area contributed by atoms with Crippen molar-refractivity contribution in [2.75, 3.05) is 19.8 Å². The zero-order valence-electron chi connectivity index (χ0n) is 17.6. The fourth-order valence-corrected chi connectivity index (χ4v) is 4.61. The average Bonchev–Trinajstić information content (AvgIpc) is 2.77. The first-order valence-corrected chi connectivity index (χ1v) is 10.4. The van der Waals surface area contributed by atoms with Gasteiger partial charge in [0, 0.05) is 37.0 Å². The first-order chi connectivity index (χ1) is 14.8. The van der Waals surface area contributed by atoms with Crippen LogP contribution in [0.15, 0.2) is 35.8 Å². The summed E-state index contributed by atoms with van der Waals surface area (Å²) in [5.41, 5.74) is 1.49. The smallest absolute Gasteiger partial charge is 0.257 e. The Balaban J connectivity index is 1.70. The number of hydrogen-bond donors (Lipinski definition) is 1. The van der Waals surface area contributed by atoms with E-state index in [1.165, 1.54) is 12.1 Å². The molecule has 0 aliphatic carbocycles. The van der Waals surface area contributed by atoms with E-state index in [1.54, 1.807) is 13.1 Å². The van der Waals surface area contributed by atoms with Gasteiger partial charge in [-0.25, -0.2) is 8.78 Å². The number of benzene rings is 1. The molecule has 1 saturated heterocycles. The summed E-state index contributed by atoms with van der Waals surface area (Å²) in [6.07, 6.45) is 2.32. The van der Waals surface area contributed by atoms with E-state index < -0.39 is 23.0 Å². The van der Waals surface area contributed by atoms with Crippen molar-refractivity contribution in [2.24, 2.45) is 0 Å². The highest BCUT2D eigenvalue weighted by Gasteiger charge is 2.39. The van der Waals surface area contributed by atoms with Crippen LogP contribution in [-0.4, -0.2) is 41.2 Å². The molecule has 0 bridgehead atoms. The zero-order chi connectivity index (χ0) is 22.3. The molecule has 164 valence electrons. The highest BCUT2D eigenvalue weighted by molar-refractivity contribution is 5.94. The minimum absolute atomic E-state index is 0.0135. The maximum Gasteiger partial charge on any atom is 0.257 e. The Hall–Kier alpha value is -3.00. The molecule has 0 radical (unpaired) electrons. The monoisotopic (exact) mass is 429 g/mol. The number of aromatic nitrogens is 1. The van der Waals surface area contributed by atoms with E-state index >= 15 is 0 Å². The van der Waals surface area contributed by atoms with Gasteiger partial charge in [0.05, 0.1) is 30.1 Å². The van der Waals surface area contributed by atoms with E-state index in [0.29, 0.717) is 18.8 Å². The maximum atomic E-state index is 13.9. The van der Waals surface area contributed by atoms with Crippen molar-refractivity contribution in [1.29, 1.82) is 0 Å². The van der Waals surface area contributed by atoms with Gasteiger partial charge in [0.2, 0.25) is 0 Å². The lowest BCUT2D eigenvalue weighted by Crippen LogP contribution is -2.51. The lowest BCUT2D eigenvalue weighted by Gasteiger charge is -2.48. The van der Waals surface area contributed by atoms with Crippen LogP contribution in [0.25, 0.3) is 5.70 Å². The summed E-state index contributed by atoms with van der Waals surface area (Å²) in [6.45, 7) is 9.58. The summed E-state index contributed by atoms with van der Waals surface area (Å²) in [7, 11) is 0. The van der Waals surface area contributed by atoms with Crippen LogP contribution in [0, 0.1) is 18.6 Å². The number of fused-ring (bicyclic) bond motifs is 3. The van der Waals surface area contributed by atoms with Crippen LogP contribution in [0.5, 0.6) is 0 Å². The van der Waals surface area contributed by atoms with E-state index in [0.717, 1.165) is 30.4 Å². The summed E-state index contributed by atoms with van der Waals surface area (Å²) < 4.78 is 35.0. The number of ether oxygens (including phenoxy) is 1. The van der Waals surface area contributed by atoms with E-state index in [4.69, 9.17) is 4.74 Å². The second-order valence-electron chi connectivity index (χ2n) is 7.88. The van der Waals surface area contributed by atoms with Crippen molar-refractivity contribution < 1.29 is 18.3 Å². The summed E-state index contributed by atoms with van der Waals surface area (Å²) in [5.74, 6) is -2.62. The third kappa shape index (κ3) is 3.54. The number of pyridine rings is 1. The van der Waals surface area contributed by atoms with Crippen LogP contribution >= 0.6 is 0 Å². The van der Waals surface area contributed by atoms with Crippen LogP contribution in [0.4, 0.5) is 8.78 Å². The van der Waals surface area contributed by atoms with Gasteiger partial charge in [-0.2, -0.15) is 0 Å². The first-order valence-electron chi connectivity index (χ1n) is 10.4. The standard InChI is InChI=1S/C23H25F2N3O3/c1-4-27-14(3)21-13(2)22(29)16(11-28(21)18-8-9-31-12-19(18)27)23(30)26-10-15-6-5-7-17(24)20(15)25/h5-7,11,18-19H,3-4,8-10,12H2,1-2H3,(H,26,30)/t18-,19+/m0/s1. The molecule has 31 heavy (non-hydrogen) atoms. The molecule has 1 aromatic heterocycles. The highest BCUT2D eigenvalue weighted by atomic mass is 19.2. The molecule has 2 aliphatic rings. The number of carbonyl (C=O) groups excluding carboxylic acids is 1. The predicted octanol–water partition coefficient (Wildman–Crippen LogP) is 3.00. The molecule has 0 spiro atoms. The molecule has 2 aromatic rings. The normalized spacial score (nSPS) is 20.3. The van der Waals surface area contributed by atoms with E-state index in [-0.39, 0.29) is 29.8 Å². The van der Waals surface area contributed by atoms with Crippen LogP contribution in [0.2, 0.25) is 0 Å². The SMILES string of the molecule is C=C1c2c(C)c(=O)c(C(=O)NCc3cccc(F)c3F)cn2[C@H]2CCOC[C@H]2N1CC. The van der Waals surface area contributed by atoms with Crippen molar-refractivity contribution in [3.05, 3.63) is 75.2 Å². The molecule has 8 heteroatoms. The van der Waals surface area contributed by atoms with Crippen LogP contribution in [-0.2, 0) is 11.3 Å². The number of rotatable bonds is 4. The van der Waals surface area contributed by atoms with Gasteiger partial charge in [0.1, 0.15) is 5.56 Å². The number of hydrogen-bond acceptors (Lipinski definition) is 4. The van der Waals surface area contributed by atoms with Crippen molar-refractivity contribution in [3.8, 4) is 0 Å². The van der Waals surface area contributed by atoms with Crippen LogP contribution in [0.1, 0.15) is 46.6 Å². The van der Waals surface area contributed by atoms with Gasteiger partial charge in [-0.1, -0.05) is 18.7 Å². The third-order valence-corrected chi connectivity index (χ3v) is 6.19. The molecular weight excluding hydrogens is 404 g/mol. The molecule has 4 rings (SSSR count). The predicted molar refractivity (Wildman–Crippen MR) is 113 cm³/mol. The van der Waals surface area contributed by atoms with Gasteiger partial charge >= 0.3 is 0 Å². The highest BCUT2D eigenvalue weighted by Crippen LogP contribution is 2.38. The second-order valence-corrected chi connectivity index (χ2v) is 7.88. The molecule has 6 nitrogen and oxygen atoms in total. The Bertz CT molecular complexity index is 1110. The third-order valence-electron chi connectivity index (χ3n) is 6.19. The average molecular weight is 429 g/mol. The van der Waals surface area contributed by atoms with Crippen molar-refractivity contribution >= 4 is 11.6 Å². The van der Waals surface area contributed by atoms with Gasteiger partial charge in [-0.05, 0) is 26.3 Å². The number of nitrogens with one attached hydrogen (secondary N) is 1. The second kappa shape index (κ2) is 8.26. The molecule has 3 heterocycles. The summed E-state index contributed by atoms with van der Waals surface area (Å²) in [5, 5.41) is 2.54. The lowest BCUT2D eigenvalue weighted by molar-refractivity contribution is 0.000568. The molecule has 2 aliphatic heterocycles. The number of carbonyl (C=O) groups is 1. The van der Waals surface area contributed by atoms with E-state index in [2.05, 4.69) is 16.8 Å². The number of halogens is 2. The summed E-state index contributed by atoms with van der Waals surface area (Å²) in [6, 6.07) is 3.88. The van der Waals surface area contributed by atoms with E-state index in [9.17, 15) is 18.4 Å². The van der Waals surface area contributed by atoms with Crippen LogP contribution in [0.3, 0.4) is 0 Å². The van der Waals surface area contributed by atoms with Gasteiger partial charge in [-0.15, -0.1) is 0 Å². The van der Waals surface area contributed by atoms with Crippen molar-refractivity contribution in [2.45, 2.75) is 38.9 Å². The van der Waals surface area contributed by atoms with Crippen molar-refractivity contribution in [1.82, 2.24) is 14.8 Å². The molecule has 1 N–H and O–H groups in total. The molecule has 0 saturated carbocycles. The molecule has 1 aromatic carbocycles. The number of likely N-dealkylation sites (N-methyl/N-ethyl adjacent to an activating group) is 1. The molecule has 1 amide bonds. The first kappa shape index (κ1) is 21.2. The quantitative estimate of drug-likeness (QED) is 0.812. The van der Waals surface area contributed by atoms with E-state index in [1.807, 2.05) is 11.5 Å². The summed E-state index contributed by atoms with van der Waals surface area (Å²) in [4.78, 5) is 28.0. The number of amides is 1. The number of nitrogens with zero attached hydrogens (tertiary/aromatic N) is 2. The zero-order valence-corrected chi connectivity index (χ0v) is 17.6. The fraction of sp³-hybridized carbons (Fsp3) is 0.391. The maximum absolute atomic E-state index is 13.9. The Morgan fingerprint density at radius 3 is 2.84 bits per heavy atom. The largest absolute Gasteiger partial charge is 0.379 e. The fourth-order valence-electron chi connectivity index (χ4n) is 4.61.